The molecular weight excluding hydrogens is 202 g/mol. The van der Waals surface area contributed by atoms with Gasteiger partial charge in [0.15, 0.2) is 0 Å². The maximum absolute atomic E-state index is 9.10. The third-order valence-corrected chi connectivity index (χ3v) is 3.40. The Bertz CT molecular complexity index is 348. The van der Waals surface area contributed by atoms with E-state index in [0.717, 1.165) is 38.2 Å². The van der Waals surface area contributed by atoms with E-state index in [1.807, 2.05) is 11.7 Å². The Morgan fingerprint density at radius 2 is 2.38 bits per heavy atom. The number of aliphatic hydroxyl groups is 1. The molecule has 2 heterocycles. The van der Waals surface area contributed by atoms with Crippen molar-refractivity contribution in [3.8, 4) is 0 Å². The quantitative estimate of drug-likeness (QED) is 0.821. The van der Waals surface area contributed by atoms with Gasteiger partial charge in [-0.1, -0.05) is 6.92 Å². The lowest BCUT2D eigenvalue weighted by molar-refractivity contribution is 0.219. The lowest BCUT2D eigenvalue weighted by atomic mass is 10.1. The molecule has 1 fully saturated rings. The van der Waals surface area contributed by atoms with Crippen molar-refractivity contribution in [2.45, 2.75) is 26.3 Å². The standard InChI is InChI=1S/C12H21N3O/c1-3-11-6-12(14(2)13-11)8-15-5-4-10(7-15)9-16/h6,10,16H,3-5,7-9H2,1-2H3. The molecule has 0 radical (unpaired) electrons. The maximum atomic E-state index is 9.10. The highest BCUT2D eigenvalue weighted by Gasteiger charge is 2.22. The number of hydrogen-bond donors (Lipinski definition) is 1. The molecule has 0 aromatic carbocycles. The first-order valence-electron chi connectivity index (χ1n) is 6.08. The van der Waals surface area contributed by atoms with Gasteiger partial charge in [-0.15, -0.1) is 0 Å². The molecular formula is C12H21N3O. The molecule has 4 heteroatoms. The van der Waals surface area contributed by atoms with Gasteiger partial charge in [0, 0.05) is 26.7 Å². The van der Waals surface area contributed by atoms with Crippen LogP contribution in [0.25, 0.3) is 0 Å². The molecule has 0 aliphatic carbocycles. The Hall–Kier alpha value is -0.870. The number of rotatable bonds is 4. The van der Waals surface area contributed by atoms with E-state index in [1.54, 1.807) is 0 Å². The SMILES string of the molecule is CCc1cc(CN2CCC(CO)C2)n(C)n1. The average Bonchev–Trinajstić information content (AvgIpc) is 2.87. The largest absolute Gasteiger partial charge is 0.396 e. The highest BCUT2D eigenvalue weighted by atomic mass is 16.3. The molecule has 2 rings (SSSR count). The van der Waals surface area contributed by atoms with Crippen LogP contribution in [0.15, 0.2) is 6.07 Å². The van der Waals surface area contributed by atoms with Crippen LogP contribution in [-0.4, -0.2) is 39.5 Å². The van der Waals surface area contributed by atoms with Gasteiger partial charge in [-0.2, -0.15) is 5.10 Å². The zero-order chi connectivity index (χ0) is 11.5. The van der Waals surface area contributed by atoms with Gasteiger partial charge in [0.25, 0.3) is 0 Å². The lowest BCUT2D eigenvalue weighted by Crippen LogP contribution is -2.22. The molecule has 1 aliphatic heterocycles. The number of nitrogens with zero attached hydrogens (tertiary/aromatic N) is 3. The van der Waals surface area contributed by atoms with E-state index in [0.29, 0.717) is 12.5 Å². The molecule has 1 N–H and O–H groups in total. The van der Waals surface area contributed by atoms with E-state index in [-0.39, 0.29) is 0 Å². The van der Waals surface area contributed by atoms with Crippen molar-refractivity contribution in [1.82, 2.24) is 14.7 Å². The molecule has 0 amide bonds. The molecule has 0 saturated carbocycles. The monoisotopic (exact) mass is 223 g/mol. The number of aliphatic hydroxyl groups excluding tert-OH is 1. The summed E-state index contributed by atoms with van der Waals surface area (Å²) in [5.41, 5.74) is 2.44. The first-order chi connectivity index (χ1) is 7.72. The number of aryl methyl sites for hydroxylation is 2. The Morgan fingerprint density at radius 3 is 2.94 bits per heavy atom. The first kappa shape index (κ1) is 11.6. The van der Waals surface area contributed by atoms with Crippen molar-refractivity contribution >= 4 is 0 Å². The van der Waals surface area contributed by atoms with Crippen LogP contribution in [0, 0.1) is 5.92 Å². The summed E-state index contributed by atoms with van der Waals surface area (Å²) < 4.78 is 1.98. The van der Waals surface area contributed by atoms with Crippen LogP contribution >= 0.6 is 0 Å². The van der Waals surface area contributed by atoms with E-state index in [9.17, 15) is 0 Å². The second-order valence-electron chi connectivity index (χ2n) is 4.68. The molecule has 0 bridgehead atoms. The number of aromatic nitrogens is 2. The summed E-state index contributed by atoms with van der Waals surface area (Å²) in [4.78, 5) is 2.40. The van der Waals surface area contributed by atoms with Crippen LogP contribution in [0.2, 0.25) is 0 Å². The summed E-state index contributed by atoms with van der Waals surface area (Å²) in [6.07, 6.45) is 2.11. The van der Waals surface area contributed by atoms with Crippen molar-refractivity contribution in [1.29, 1.82) is 0 Å². The topological polar surface area (TPSA) is 41.3 Å². The summed E-state index contributed by atoms with van der Waals surface area (Å²) in [7, 11) is 2.01. The van der Waals surface area contributed by atoms with E-state index in [2.05, 4.69) is 23.0 Å². The Balaban J connectivity index is 1.96. The summed E-state index contributed by atoms with van der Waals surface area (Å²) in [5, 5.41) is 13.6. The normalized spacial score (nSPS) is 21.8. The van der Waals surface area contributed by atoms with Crippen molar-refractivity contribution in [3.63, 3.8) is 0 Å². The second-order valence-corrected chi connectivity index (χ2v) is 4.68. The van der Waals surface area contributed by atoms with Gasteiger partial charge in [0.2, 0.25) is 0 Å². The molecule has 4 nitrogen and oxygen atoms in total. The fraction of sp³-hybridized carbons (Fsp3) is 0.750. The molecule has 16 heavy (non-hydrogen) atoms. The minimum absolute atomic E-state index is 0.322. The van der Waals surface area contributed by atoms with Gasteiger partial charge in [-0.25, -0.2) is 0 Å². The van der Waals surface area contributed by atoms with E-state index >= 15 is 0 Å². The highest BCUT2D eigenvalue weighted by Crippen LogP contribution is 2.18. The third-order valence-electron chi connectivity index (χ3n) is 3.40. The predicted molar refractivity (Wildman–Crippen MR) is 63.1 cm³/mol. The van der Waals surface area contributed by atoms with E-state index < -0.39 is 0 Å². The Labute approximate surface area is 96.9 Å². The zero-order valence-electron chi connectivity index (χ0n) is 10.2. The van der Waals surface area contributed by atoms with Crippen LogP contribution in [0.3, 0.4) is 0 Å². The van der Waals surface area contributed by atoms with E-state index in [4.69, 9.17) is 5.11 Å². The van der Waals surface area contributed by atoms with Crippen LogP contribution in [0.4, 0.5) is 0 Å². The molecule has 90 valence electrons. The minimum atomic E-state index is 0.322. The fourth-order valence-corrected chi connectivity index (χ4v) is 2.33. The molecule has 1 aromatic heterocycles. The molecule has 1 saturated heterocycles. The van der Waals surface area contributed by atoms with Crippen LogP contribution in [0.5, 0.6) is 0 Å². The van der Waals surface area contributed by atoms with Crippen LogP contribution in [0.1, 0.15) is 24.7 Å². The fourth-order valence-electron chi connectivity index (χ4n) is 2.33. The second kappa shape index (κ2) is 4.97. The number of hydrogen-bond acceptors (Lipinski definition) is 3. The number of likely N-dealkylation sites (tertiary alicyclic amines) is 1. The van der Waals surface area contributed by atoms with Gasteiger partial charge in [0.05, 0.1) is 11.4 Å². The average molecular weight is 223 g/mol. The van der Waals surface area contributed by atoms with Crippen molar-refractivity contribution in [3.05, 3.63) is 17.5 Å². The molecule has 1 aromatic rings. The summed E-state index contributed by atoms with van der Waals surface area (Å²) in [5.74, 6) is 0.471. The van der Waals surface area contributed by atoms with Crippen LogP contribution < -0.4 is 0 Å². The van der Waals surface area contributed by atoms with Gasteiger partial charge in [-0.05, 0) is 31.4 Å². The smallest absolute Gasteiger partial charge is 0.0625 e. The van der Waals surface area contributed by atoms with Crippen molar-refractivity contribution in [2.24, 2.45) is 13.0 Å². The zero-order valence-corrected chi connectivity index (χ0v) is 10.2. The van der Waals surface area contributed by atoms with Gasteiger partial charge >= 0.3 is 0 Å². The third kappa shape index (κ3) is 2.44. The van der Waals surface area contributed by atoms with Crippen LogP contribution in [-0.2, 0) is 20.0 Å². The van der Waals surface area contributed by atoms with Gasteiger partial charge in [-0.3, -0.25) is 9.58 Å². The first-order valence-corrected chi connectivity index (χ1v) is 6.08. The maximum Gasteiger partial charge on any atom is 0.0625 e. The van der Waals surface area contributed by atoms with Gasteiger partial charge < -0.3 is 5.11 Å². The van der Waals surface area contributed by atoms with Crippen molar-refractivity contribution in [2.75, 3.05) is 19.7 Å². The summed E-state index contributed by atoms with van der Waals surface area (Å²) >= 11 is 0. The molecule has 1 aliphatic rings. The van der Waals surface area contributed by atoms with Crippen molar-refractivity contribution < 1.29 is 5.11 Å². The molecule has 1 unspecified atom stereocenters. The lowest BCUT2D eigenvalue weighted by Gasteiger charge is -2.15. The summed E-state index contributed by atoms with van der Waals surface area (Å²) in [6, 6.07) is 2.19. The predicted octanol–water partition coefficient (Wildman–Crippen LogP) is 0.797. The molecule has 1 atom stereocenters. The Kier molecular flexibility index (Phi) is 3.61. The van der Waals surface area contributed by atoms with Gasteiger partial charge in [0.1, 0.15) is 0 Å². The minimum Gasteiger partial charge on any atom is -0.396 e. The molecule has 0 spiro atoms. The Morgan fingerprint density at radius 1 is 1.56 bits per heavy atom. The highest BCUT2D eigenvalue weighted by molar-refractivity contribution is 5.10. The summed E-state index contributed by atoms with van der Waals surface area (Å²) in [6.45, 7) is 5.52. The van der Waals surface area contributed by atoms with E-state index in [1.165, 1.54) is 5.69 Å².